The first kappa shape index (κ1) is 16.0. The van der Waals surface area contributed by atoms with E-state index in [9.17, 15) is 9.59 Å². The van der Waals surface area contributed by atoms with Crippen LogP contribution in [0, 0.1) is 0 Å². The molecular formula is C8H17B7N4O2. The molecule has 2 aromatic heterocycles. The molecule has 0 aliphatic rings. The van der Waals surface area contributed by atoms with Crippen LogP contribution in [0.2, 0.25) is 0 Å². The molecular weight excluding hydrogens is 260 g/mol. The zero-order valence-corrected chi connectivity index (χ0v) is 14.1. The Kier molecular flexibility index (Phi) is 3.46. The molecule has 0 saturated carbocycles. The van der Waals surface area contributed by atoms with Crippen molar-refractivity contribution in [2.45, 2.75) is 10.5 Å². The van der Waals surface area contributed by atoms with Crippen molar-refractivity contribution in [3.8, 4) is 0 Å². The molecule has 0 N–H and O–H groups in total. The number of rotatable bonds is 2. The van der Waals surface area contributed by atoms with E-state index in [2.05, 4.69) is 4.98 Å². The van der Waals surface area contributed by atoms with Gasteiger partial charge in [-0.3, -0.25) is 13.9 Å². The average molecular weight is 277 g/mol. The van der Waals surface area contributed by atoms with Gasteiger partial charge in [-0.2, -0.15) is 0 Å². The highest BCUT2D eigenvalue weighted by molar-refractivity contribution is 6.58. The summed E-state index contributed by atoms with van der Waals surface area (Å²) in [5, 5.41) is -0.741. The first-order chi connectivity index (χ1) is 9.37. The Labute approximate surface area is 129 Å². The highest BCUT2D eigenvalue weighted by Gasteiger charge is 2.28. The predicted octanol–water partition coefficient (Wildman–Crippen LogP) is -8.91. The van der Waals surface area contributed by atoms with Crippen LogP contribution < -0.4 is 17.0 Å². The standard InChI is InChI=1S/C8H17B7N4O2/c1-17-4(20)2-3(19(6(17)21)8(13,14)15)16-5(9)18(2)7(10,11)12/h9-15H2,1H3. The number of aromatic nitrogens is 4. The fourth-order valence-corrected chi connectivity index (χ4v) is 2.78. The maximum absolute atomic E-state index is 12.6. The van der Waals surface area contributed by atoms with E-state index in [1.54, 1.807) is 4.57 Å². The zero-order chi connectivity index (χ0) is 16.3. The van der Waals surface area contributed by atoms with Gasteiger partial charge in [-0.05, 0) is 10.5 Å². The Bertz CT molecular complexity index is 838. The lowest BCUT2D eigenvalue weighted by atomic mass is 9.49. The van der Waals surface area contributed by atoms with Crippen molar-refractivity contribution >= 4 is 71.8 Å². The fraction of sp³-hybridized carbons (Fsp3) is 0.375. The molecule has 0 spiro atoms. The normalized spacial score (nSPS) is 12.8. The summed E-state index contributed by atoms with van der Waals surface area (Å²) in [6.07, 6.45) is 0. The molecule has 2 aromatic rings. The Balaban J connectivity index is 3.18. The minimum Gasteiger partial charge on any atom is -0.349 e. The second-order valence-electron chi connectivity index (χ2n) is 7.49. The first-order valence-corrected chi connectivity index (χ1v) is 7.09. The van der Waals surface area contributed by atoms with E-state index in [1.165, 1.54) is 7.05 Å². The summed E-state index contributed by atoms with van der Waals surface area (Å²) >= 11 is 0. The molecule has 0 unspecified atom stereocenters. The Morgan fingerprint density at radius 3 is 1.86 bits per heavy atom. The smallest absolute Gasteiger partial charge is 0.330 e. The lowest BCUT2D eigenvalue weighted by molar-refractivity contribution is 0.655. The molecule has 0 radical (unpaired) electrons. The quantitative estimate of drug-likeness (QED) is 0.512. The summed E-state index contributed by atoms with van der Waals surface area (Å²) in [5.41, 5.74) is 1.04. The molecule has 21 heavy (non-hydrogen) atoms. The monoisotopic (exact) mass is 278 g/mol. The third-order valence-corrected chi connectivity index (χ3v) is 3.57. The molecule has 0 fully saturated rings. The van der Waals surface area contributed by atoms with Crippen molar-refractivity contribution in [1.82, 2.24) is 18.7 Å². The van der Waals surface area contributed by atoms with Crippen LogP contribution in [0.25, 0.3) is 11.2 Å². The molecule has 0 saturated heterocycles. The topological polar surface area (TPSA) is 61.8 Å². The molecule has 0 aliphatic heterocycles. The van der Waals surface area contributed by atoms with Crippen LogP contribution in [0.5, 0.6) is 0 Å². The van der Waals surface area contributed by atoms with E-state index < -0.39 is 5.24 Å². The lowest BCUT2D eigenvalue weighted by Crippen LogP contribution is -2.50. The summed E-state index contributed by atoms with van der Waals surface area (Å²) in [7, 11) is 15.2. The highest BCUT2D eigenvalue weighted by atomic mass is 16.2. The van der Waals surface area contributed by atoms with Gasteiger partial charge < -0.3 is 4.57 Å². The van der Waals surface area contributed by atoms with E-state index in [0.717, 1.165) is 10.3 Å². The Hall–Kier alpha value is -1.40. The van der Waals surface area contributed by atoms with Gasteiger partial charge in [0.15, 0.2) is 13.5 Å². The maximum Gasteiger partial charge on any atom is 0.330 e. The maximum atomic E-state index is 12.6. The van der Waals surface area contributed by atoms with E-state index in [4.69, 9.17) is 0 Å². The second-order valence-corrected chi connectivity index (χ2v) is 7.49. The van der Waals surface area contributed by atoms with Crippen molar-refractivity contribution in [2.75, 3.05) is 0 Å². The SMILES string of the molecule is Bc1nc2c(c(=O)n(C)c(=O)n2C(B)(B)B)n1C(B)(B)B. The molecule has 0 amide bonds. The first-order valence-electron chi connectivity index (χ1n) is 7.09. The van der Waals surface area contributed by atoms with E-state index in [0.29, 0.717) is 11.2 Å². The van der Waals surface area contributed by atoms with Gasteiger partial charge in [0.25, 0.3) is 5.56 Å². The van der Waals surface area contributed by atoms with Crippen molar-refractivity contribution in [1.29, 1.82) is 0 Å². The van der Waals surface area contributed by atoms with Crippen molar-refractivity contribution in [3.05, 3.63) is 20.8 Å². The molecule has 6 nitrogen and oxygen atoms in total. The van der Waals surface area contributed by atoms with Crippen LogP contribution in [0.1, 0.15) is 0 Å². The fourth-order valence-electron chi connectivity index (χ4n) is 2.78. The molecule has 2 rings (SSSR count). The van der Waals surface area contributed by atoms with E-state index in [-0.39, 0.29) is 16.5 Å². The summed E-state index contributed by atoms with van der Waals surface area (Å²) in [4.78, 5) is 29.6. The Morgan fingerprint density at radius 2 is 1.43 bits per heavy atom. The van der Waals surface area contributed by atoms with Crippen molar-refractivity contribution in [2.24, 2.45) is 7.05 Å². The van der Waals surface area contributed by atoms with Crippen molar-refractivity contribution in [3.63, 3.8) is 0 Å². The third-order valence-electron chi connectivity index (χ3n) is 3.57. The average Bonchev–Trinajstić information content (AvgIpc) is 2.61. The number of fused-ring (bicyclic) bond motifs is 1. The molecule has 0 atom stereocenters. The van der Waals surface area contributed by atoms with Crippen LogP contribution in [0.15, 0.2) is 9.59 Å². The van der Waals surface area contributed by atoms with Gasteiger partial charge in [0.2, 0.25) is 0 Å². The number of hydrogen-bond donors (Lipinski definition) is 0. The third kappa shape index (κ3) is 2.36. The minimum absolute atomic E-state index is 0.287. The van der Waals surface area contributed by atoms with Gasteiger partial charge in [-0.1, -0.05) is 0 Å². The van der Waals surface area contributed by atoms with E-state index >= 15 is 0 Å². The van der Waals surface area contributed by atoms with Crippen LogP contribution in [-0.2, 0) is 17.5 Å². The molecule has 2 heterocycles. The van der Waals surface area contributed by atoms with E-state index in [1.807, 2.05) is 59.5 Å². The van der Waals surface area contributed by atoms with Gasteiger partial charge >= 0.3 is 5.69 Å². The van der Waals surface area contributed by atoms with Crippen LogP contribution in [-0.4, -0.2) is 73.6 Å². The molecule has 0 aromatic carbocycles. The van der Waals surface area contributed by atoms with Crippen LogP contribution >= 0.6 is 0 Å². The molecule has 0 aliphatic carbocycles. The molecule has 102 valence electrons. The Morgan fingerprint density at radius 1 is 0.952 bits per heavy atom. The van der Waals surface area contributed by atoms with Gasteiger partial charge in [0.1, 0.15) is 52.6 Å². The van der Waals surface area contributed by atoms with Gasteiger partial charge in [-0.15, -0.1) is 0 Å². The van der Waals surface area contributed by atoms with Crippen molar-refractivity contribution < 1.29 is 0 Å². The van der Waals surface area contributed by atoms with Gasteiger partial charge in [0, 0.05) is 7.05 Å². The molecule has 0 bridgehead atoms. The largest absolute Gasteiger partial charge is 0.349 e. The number of imidazole rings is 1. The summed E-state index contributed by atoms with van der Waals surface area (Å²) in [6.45, 7) is 0. The summed E-state index contributed by atoms with van der Waals surface area (Å²) < 4.78 is 4.67. The highest BCUT2D eigenvalue weighted by Crippen LogP contribution is 2.13. The second kappa shape index (κ2) is 4.55. The molecule has 13 heteroatoms. The lowest BCUT2D eigenvalue weighted by Gasteiger charge is -2.26. The zero-order valence-electron chi connectivity index (χ0n) is 14.1. The summed E-state index contributed by atoms with van der Waals surface area (Å²) in [5.74, 6) is 0. The van der Waals surface area contributed by atoms with Crippen LogP contribution in [0.3, 0.4) is 0 Å². The van der Waals surface area contributed by atoms with Gasteiger partial charge in [-0.25, -0.2) is 9.78 Å². The minimum atomic E-state index is -0.454. The van der Waals surface area contributed by atoms with Gasteiger partial charge in [0.05, 0.1) is 5.72 Å². The van der Waals surface area contributed by atoms with Crippen LogP contribution in [0.4, 0.5) is 0 Å². The number of hydrogen-bond acceptors (Lipinski definition) is 3. The predicted molar refractivity (Wildman–Crippen MR) is 105 cm³/mol. The summed E-state index contributed by atoms with van der Waals surface area (Å²) in [6, 6.07) is 0. The number of nitrogens with zero attached hydrogens (tertiary/aromatic N) is 4.